The number of nitrogens with zero attached hydrogens (tertiary/aromatic N) is 3. The molecule has 26 heavy (non-hydrogen) atoms. The van der Waals surface area contributed by atoms with E-state index in [1.165, 1.54) is 23.5 Å². The third-order valence-electron chi connectivity index (χ3n) is 4.27. The summed E-state index contributed by atoms with van der Waals surface area (Å²) in [5.41, 5.74) is 2.67. The van der Waals surface area contributed by atoms with Gasteiger partial charge in [0, 0.05) is 13.3 Å². The quantitative estimate of drug-likeness (QED) is 0.579. The zero-order valence-electron chi connectivity index (χ0n) is 14.3. The van der Waals surface area contributed by atoms with Crippen molar-refractivity contribution in [2.75, 3.05) is 5.01 Å². The first-order valence-electron chi connectivity index (χ1n) is 8.17. The van der Waals surface area contributed by atoms with Gasteiger partial charge in [0.05, 0.1) is 27.2 Å². The average Bonchev–Trinajstić information content (AvgIpc) is 3.34. The van der Waals surface area contributed by atoms with Gasteiger partial charge in [0.25, 0.3) is 0 Å². The molecule has 3 aromatic rings. The maximum Gasteiger partial charge on any atom is 0.207 e. The molecule has 1 aromatic carbocycles. The molecule has 0 radical (unpaired) electrons. The molecule has 0 unspecified atom stereocenters. The van der Waals surface area contributed by atoms with Crippen LogP contribution in [0.15, 0.2) is 46.9 Å². The van der Waals surface area contributed by atoms with E-state index < -0.39 is 0 Å². The van der Waals surface area contributed by atoms with E-state index in [0.717, 1.165) is 21.8 Å². The lowest BCUT2D eigenvalue weighted by molar-refractivity contribution is 0.102. The van der Waals surface area contributed by atoms with Gasteiger partial charge in [-0.2, -0.15) is 5.10 Å². The fraction of sp³-hybridized carbons (Fsp3) is 0.211. The van der Waals surface area contributed by atoms with Crippen molar-refractivity contribution < 1.29 is 9.18 Å². The number of thiophene rings is 1. The first kappa shape index (κ1) is 17.1. The summed E-state index contributed by atoms with van der Waals surface area (Å²) >= 11 is 3.00. The van der Waals surface area contributed by atoms with Gasteiger partial charge in [-0.05, 0) is 36.1 Å². The minimum absolute atomic E-state index is 0.00578. The molecular formula is C19H16FN3OS2. The summed E-state index contributed by atoms with van der Waals surface area (Å²) < 4.78 is 13.4. The summed E-state index contributed by atoms with van der Waals surface area (Å²) in [4.78, 5) is 18.1. The largest absolute Gasteiger partial charge is 0.294 e. The number of aromatic nitrogens is 1. The van der Waals surface area contributed by atoms with Crippen LogP contribution in [0.2, 0.25) is 0 Å². The zero-order chi connectivity index (χ0) is 18.3. The molecular weight excluding hydrogens is 369 g/mol. The van der Waals surface area contributed by atoms with Crippen molar-refractivity contribution in [3.8, 4) is 0 Å². The van der Waals surface area contributed by atoms with Gasteiger partial charge in [-0.25, -0.2) is 14.4 Å². The van der Waals surface area contributed by atoms with E-state index in [0.29, 0.717) is 16.4 Å². The molecule has 0 N–H and O–H groups in total. The summed E-state index contributed by atoms with van der Waals surface area (Å²) in [5.74, 6) is -0.257. The van der Waals surface area contributed by atoms with Crippen LogP contribution in [0.4, 0.5) is 9.52 Å². The number of anilines is 1. The second-order valence-electron chi connectivity index (χ2n) is 6.11. The van der Waals surface area contributed by atoms with Crippen LogP contribution in [0.5, 0.6) is 0 Å². The van der Waals surface area contributed by atoms with Crippen LogP contribution in [0.3, 0.4) is 0 Å². The lowest BCUT2D eigenvalue weighted by atomic mass is 10.0. The Kier molecular flexibility index (Phi) is 4.42. The highest BCUT2D eigenvalue weighted by atomic mass is 32.1. The van der Waals surface area contributed by atoms with Crippen molar-refractivity contribution in [1.82, 2.24) is 4.98 Å². The van der Waals surface area contributed by atoms with E-state index in [-0.39, 0.29) is 17.6 Å². The molecule has 0 amide bonds. The Morgan fingerprint density at radius 3 is 2.65 bits per heavy atom. The molecule has 2 aromatic heterocycles. The Labute approximate surface area is 158 Å². The van der Waals surface area contributed by atoms with Gasteiger partial charge >= 0.3 is 0 Å². The fourth-order valence-corrected chi connectivity index (χ4v) is 4.71. The number of thiazole rings is 1. The number of halogens is 1. The molecule has 0 saturated heterocycles. The number of hydrogen-bond acceptors (Lipinski definition) is 6. The summed E-state index contributed by atoms with van der Waals surface area (Å²) in [5, 5.41) is 9.38. The molecule has 0 bridgehead atoms. The summed E-state index contributed by atoms with van der Waals surface area (Å²) in [6.07, 6.45) is 0.709. The van der Waals surface area contributed by atoms with Gasteiger partial charge in [0.15, 0.2) is 5.78 Å². The first-order chi connectivity index (χ1) is 12.5. The highest BCUT2D eigenvalue weighted by Crippen LogP contribution is 2.39. The van der Waals surface area contributed by atoms with Crippen molar-refractivity contribution >= 4 is 39.3 Å². The second kappa shape index (κ2) is 6.74. The Balaban J connectivity index is 1.77. The monoisotopic (exact) mass is 385 g/mol. The summed E-state index contributed by atoms with van der Waals surface area (Å²) in [6.45, 7) is 3.38. The zero-order valence-corrected chi connectivity index (χ0v) is 15.9. The third-order valence-corrected chi connectivity index (χ3v) is 6.44. The molecule has 1 aliphatic rings. The van der Waals surface area contributed by atoms with Gasteiger partial charge in [-0.1, -0.05) is 29.5 Å². The number of carbonyl (C=O) groups is 1. The Morgan fingerprint density at radius 2 is 2.04 bits per heavy atom. The topological polar surface area (TPSA) is 45.6 Å². The maximum atomic E-state index is 13.4. The molecule has 0 spiro atoms. The smallest absolute Gasteiger partial charge is 0.207 e. The van der Waals surface area contributed by atoms with Gasteiger partial charge < -0.3 is 0 Å². The Hall–Kier alpha value is -2.38. The third kappa shape index (κ3) is 3.08. The summed E-state index contributed by atoms with van der Waals surface area (Å²) in [7, 11) is 0. The van der Waals surface area contributed by atoms with Crippen molar-refractivity contribution in [1.29, 1.82) is 0 Å². The van der Waals surface area contributed by atoms with Gasteiger partial charge in [-0.15, -0.1) is 11.3 Å². The molecule has 4 rings (SSSR count). The van der Waals surface area contributed by atoms with E-state index in [1.807, 2.05) is 29.4 Å². The highest BCUT2D eigenvalue weighted by molar-refractivity contribution is 7.17. The maximum absolute atomic E-state index is 13.4. The van der Waals surface area contributed by atoms with Crippen LogP contribution >= 0.6 is 22.7 Å². The molecule has 4 nitrogen and oxygen atoms in total. The van der Waals surface area contributed by atoms with E-state index in [2.05, 4.69) is 4.98 Å². The molecule has 0 aliphatic carbocycles. The van der Waals surface area contributed by atoms with E-state index in [1.54, 1.807) is 30.4 Å². The van der Waals surface area contributed by atoms with Crippen LogP contribution in [0, 0.1) is 12.7 Å². The molecule has 132 valence electrons. The molecule has 0 fully saturated rings. The molecule has 7 heteroatoms. The predicted molar refractivity (Wildman–Crippen MR) is 104 cm³/mol. The number of hydrogen-bond donors (Lipinski definition) is 0. The lowest BCUT2D eigenvalue weighted by Crippen LogP contribution is -2.18. The predicted octanol–water partition coefficient (Wildman–Crippen LogP) is 5.21. The number of rotatable bonds is 4. The number of hydrazone groups is 1. The minimum Gasteiger partial charge on any atom is -0.294 e. The van der Waals surface area contributed by atoms with Crippen LogP contribution in [0.1, 0.15) is 45.2 Å². The Morgan fingerprint density at radius 1 is 1.27 bits per heavy atom. The SMILES string of the molecule is CC(=O)c1sc(N2N=C(c3cccs3)C[C@H]2c2ccc(F)cc2)nc1C. The molecule has 1 aliphatic heterocycles. The van der Waals surface area contributed by atoms with Gasteiger partial charge in [0.2, 0.25) is 5.13 Å². The lowest BCUT2D eigenvalue weighted by Gasteiger charge is -2.21. The van der Waals surface area contributed by atoms with E-state index in [4.69, 9.17) is 5.10 Å². The van der Waals surface area contributed by atoms with Crippen LogP contribution in [-0.2, 0) is 0 Å². The number of carbonyl (C=O) groups excluding carboxylic acids is 1. The molecule has 1 atom stereocenters. The summed E-state index contributed by atoms with van der Waals surface area (Å²) in [6, 6.07) is 10.5. The second-order valence-corrected chi connectivity index (χ2v) is 8.03. The molecule has 0 saturated carbocycles. The van der Waals surface area contributed by atoms with Gasteiger partial charge in [0.1, 0.15) is 5.82 Å². The minimum atomic E-state index is -0.262. The first-order valence-corrected chi connectivity index (χ1v) is 9.87. The van der Waals surface area contributed by atoms with Gasteiger partial charge in [-0.3, -0.25) is 4.79 Å². The number of aryl methyl sites for hydroxylation is 1. The van der Waals surface area contributed by atoms with Crippen molar-refractivity contribution in [2.45, 2.75) is 26.3 Å². The molecule has 3 heterocycles. The highest BCUT2D eigenvalue weighted by Gasteiger charge is 2.32. The van der Waals surface area contributed by atoms with E-state index >= 15 is 0 Å². The average molecular weight is 385 g/mol. The number of benzene rings is 1. The van der Waals surface area contributed by atoms with Crippen molar-refractivity contribution in [2.24, 2.45) is 5.10 Å². The van der Waals surface area contributed by atoms with E-state index in [9.17, 15) is 9.18 Å². The van der Waals surface area contributed by atoms with Crippen LogP contribution < -0.4 is 5.01 Å². The van der Waals surface area contributed by atoms with Crippen molar-refractivity contribution in [3.05, 3.63) is 68.6 Å². The number of ketones is 1. The van der Waals surface area contributed by atoms with Crippen LogP contribution in [0.25, 0.3) is 0 Å². The fourth-order valence-electron chi connectivity index (χ4n) is 3.03. The number of Topliss-reactive ketones (excluding diaryl/α,β-unsaturated/α-hetero) is 1. The standard InChI is InChI=1S/C19H16FN3OS2/c1-11-18(12(2)24)26-19(21-11)23-16(13-5-7-14(20)8-6-13)10-15(22-23)17-4-3-9-25-17/h3-9,16H,10H2,1-2H3/t16-/m0/s1. The Bertz CT molecular complexity index is 977. The van der Waals surface area contributed by atoms with Crippen molar-refractivity contribution in [3.63, 3.8) is 0 Å². The normalized spacial score (nSPS) is 16.8. The van der Waals surface area contributed by atoms with Crippen LogP contribution in [-0.4, -0.2) is 16.5 Å².